The fraction of sp³-hybridized carbons (Fsp3) is 0.647. The summed E-state index contributed by atoms with van der Waals surface area (Å²) in [4.78, 5) is 0. The Morgan fingerprint density at radius 3 is 2.50 bits per heavy atom. The maximum Gasteiger partial charge on any atom is 0.119 e. The fourth-order valence-electron chi connectivity index (χ4n) is 2.27. The minimum Gasteiger partial charge on any atom is -0.494 e. The van der Waals surface area contributed by atoms with Gasteiger partial charge in [0.2, 0.25) is 0 Å². The van der Waals surface area contributed by atoms with E-state index in [1.807, 2.05) is 24.3 Å². The molecule has 2 nitrogen and oxygen atoms in total. The van der Waals surface area contributed by atoms with E-state index in [9.17, 15) is 0 Å². The molecule has 0 aliphatic heterocycles. The first-order valence-electron chi connectivity index (χ1n) is 7.73. The minimum absolute atomic E-state index is 0.628. The van der Waals surface area contributed by atoms with E-state index in [1.165, 1.54) is 19.3 Å². The molecule has 0 bridgehead atoms. The van der Waals surface area contributed by atoms with Crippen molar-refractivity contribution in [3.8, 4) is 5.75 Å². The number of hydrogen-bond acceptors (Lipinski definition) is 2. The zero-order chi connectivity index (χ0) is 14.8. The molecule has 1 atom stereocenters. The first kappa shape index (κ1) is 17.5. The van der Waals surface area contributed by atoms with E-state index in [0.717, 1.165) is 35.7 Å². The Morgan fingerprint density at radius 1 is 1.20 bits per heavy atom. The predicted molar refractivity (Wildman–Crippen MR) is 90.4 cm³/mol. The average molecular weight is 342 g/mol. The second-order valence-corrected chi connectivity index (χ2v) is 6.64. The largest absolute Gasteiger partial charge is 0.494 e. The van der Waals surface area contributed by atoms with E-state index in [1.54, 1.807) is 0 Å². The van der Waals surface area contributed by atoms with Gasteiger partial charge in [-0.1, -0.05) is 36.7 Å². The third-order valence-electron chi connectivity index (χ3n) is 3.22. The van der Waals surface area contributed by atoms with E-state index in [2.05, 4.69) is 42.0 Å². The molecule has 114 valence electrons. The molecule has 1 aromatic carbocycles. The summed E-state index contributed by atoms with van der Waals surface area (Å²) in [5.41, 5.74) is 0. The van der Waals surface area contributed by atoms with E-state index < -0.39 is 0 Å². The Kier molecular flexibility index (Phi) is 8.95. The summed E-state index contributed by atoms with van der Waals surface area (Å²) in [5, 5.41) is 3.65. The van der Waals surface area contributed by atoms with Crippen molar-refractivity contribution in [1.82, 2.24) is 5.32 Å². The molecule has 1 N–H and O–H groups in total. The Labute approximate surface area is 132 Å². The van der Waals surface area contributed by atoms with Gasteiger partial charge < -0.3 is 10.1 Å². The van der Waals surface area contributed by atoms with E-state index in [0.29, 0.717) is 6.04 Å². The van der Waals surface area contributed by atoms with Crippen LogP contribution in [0.2, 0.25) is 0 Å². The lowest BCUT2D eigenvalue weighted by atomic mass is 10.00. The molecule has 0 fully saturated rings. The lowest BCUT2D eigenvalue weighted by Gasteiger charge is -2.20. The van der Waals surface area contributed by atoms with Gasteiger partial charge in [-0.3, -0.25) is 0 Å². The molecule has 0 radical (unpaired) electrons. The van der Waals surface area contributed by atoms with Crippen LogP contribution in [0.3, 0.4) is 0 Å². The summed E-state index contributed by atoms with van der Waals surface area (Å²) >= 11 is 3.43. The van der Waals surface area contributed by atoms with Crippen molar-refractivity contribution in [3.63, 3.8) is 0 Å². The first-order valence-corrected chi connectivity index (χ1v) is 8.52. The van der Waals surface area contributed by atoms with Crippen molar-refractivity contribution in [1.29, 1.82) is 0 Å². The highest BCUT2D eigenvalue weighted by atomic mass is 79.9. The van der Waals surface area contributed by atoms with Crippen LogP contribution >= 0.6 is 15.9 Å². The van der Waals surface area contributed by atoms with E-state index in [-0.39, 0.29) is 0 Å². The summed E-state index contributed by atoms with van der Waals surface area (Å²) in [6.45, 7) is 8.71. The highest BCUT2D eigenvalue weighted by Gasteiger charge is 2.09. The topological polar surface area (TPSA) is 21.3 Å². The molecular weight excluding hydrogens is 314 g/mol. The molecule has 1 rings (SSSR count). The highest BCUT2D eigenvalue weighted by molar-refractivity contribution is 9.10. The van der Waals surface area contributed by atoms with Gasteiger partial charge >= 0.3 is 0 Å². The van der Waals surface area contributed by atoms with Crippen LogP contribution in [-0.2, 0) is 0 Å². The molecule has 1 unspecified atom stereocenters. The minimum atomic E-state index is 0.628. The smallest absolute Gasteiger partial charge is 0.119 e. The van der Waals surface area contributed by atoms with Crippen molar-refractivity contribution < 1.29 is 4.74 Å². The van der Waals surface area contributed by atoms with Crippen LogP contribution in [-0.4, -0.2) is 19.2 Å². The summed E-state index contributed by atoms with van der Waals surface area (Å²) in [7, 11) is 0. The number of halogens is 1. The molecule has 1 aromatic rings. The number of ether oxygens (including phenoxy) is 1. The van der Waals surface area contributed by atoms with Gasteiger partial charge in [0.05, 0.1) is 6.61 Å². The second-order valence-electron chi connectivity index (χ2n) is 5.73. The van der Waals surface area contributed by atoms with Crippen LogP contribution in [0.4, 0.5) is 0 Å². The van der Waals surface area contributed by atoms with Gasteiger partial charge in [-0.05, 0) is 62.4 Å². The average Bonchev–Trinajstić information content (AvgIpc) is 2.42. The predicted octanol–water partition coefficient (Wildman–Crippen LogP) is 5.02. The molecule has 0 aromatic heterocycles. The highest BCUT2D eigenvalue weighted by Crippen LogP contribution is 2.17. The molecule has 0 aliphatic carbocycles. The molecule has 0 heterocycles. The van der Waals surface area contributed by atoms with Gasteiger partial charge in [0.1, 0.15) is 5.75 Å². The van der Waals surface area contributed by atoms with Crippen LogP contribution in [0.1, 0.15) is 46.5 Å². The monoisotopic (exact) mass is 341 g/mol. The maximum atomic E-state index is 5.77. The lowest BCUT2D eigenvalue weighted by molar-refractivity contribution is 0.288. The van der Waals surface area contributed by atoms with Gasteiger partial charge in [0.15, 0.2) is 0 Å². The molecule has 0 saturated heterocycles. The van der Waals surface area contributed by atoms with Crippen LogP contribution < -0.4 is 10.1 Å². The van der Waals surface area contributed by atoms with Crippen molar-refractivity contribution in [3.05, 3.63) is 28.7 Å². The van der Waals surface area contributed by atoms with E-state index in [4.69, 9.17) is 4.74 Å². The van der Waals surface area contributed by atoms with Crippen LogP contribution in [0, 0.1) is 5.92 Å². The molecule has 0 saturated carbocycles. The SMILES string of the molecule is CCCNC(CCCOc1ccc(Br)cc1)CC(C)C. The summed E-state index contributed by atoms with van der Waals surface area (Å²) in [5.74, 6) is 1.70. The number of hydrogen-bond donors (Lipinski definition) is 1. The molecule has 0 spiro atoms. The first-order chi connectivity index (χ1) is 9.61. The number of nitrogens with one attached hydrogen (secondary N) is 1. The van der Waals surface area contributed by atoms with Crippen LogP contribution in [0.5, 0.6) is 5.75 Å². The Bertz CT molecular complexity index is 351. The molecular formula is C17H28BrNO. The van der Waals surface area contributed by atoms with Crippen molar-refractivity contribution in [2.24, 2.45) is 5.92 Å². The standard InChI is InChI=1S/C17H28BrNO/c1-4-11-19-16(13-14(2)3)6-5-12-20-17-9-7-15(18)8-10-17/h7-10,14,16,19H,4-6,11-13H2,1-3H3. The van der Waals surface area contributed by atoms with Crippen LogP contribution in [0.25, 0.3) is 0 Å². The van der Waals surface area contributed by atoms with Gasteiger partial charge in [-0.15, -0.1) is 0 Å². The van der Waals surface area contributed by atoms with Crippen molar-refractivity contribution in [2.45, 2.75) is 52.5 Å². The summed E-state index contributed by atoms with van der Waals surface area (Å²) in [6.07, 6.45) is 4.74. The second kappa shape index (κ2) is 10.2. The fourth-order valence-corrected chi connectivity index (χ4v) is 2.54. The lowest BCUT2D eigenvalue weighted by Crippen LogP contribution is -2.31. The van der Waals surface area contributed by atoms with Crippen molar-refractivity contribution in [2.75, 3.05) is 13.2 Å². The Hall–Kier alpha value is -0.540. The number of benzene rings is 1. The number of rotatable bonds is 10. The molecule has 20 heavy (non-hydrogen) atoms. The van der Waals surface area contributed by atoms with Gasteiger partial charge in [0, 0.05) is 10.5 Å². The summed E-state index contributed by atoms with van der Waals surface area (Å²) in [6, 6.07) is 8.67. The Morgan fingerprint density at radius 2 is 1.90 bits per heavy atom. The Balaban J connectivity index is 2.23. The quantitative estimate of drug-likeness (QED) is 0.603. The third kappa shape index (κ3) is 7.91. The molecule has 0 amide bonds. The zero-order valence-electron chi connectivity index (χ0n) is 13.0. The van der Waals surface area contributed by atoms with Crippen LogP contribution in [0.15, 0.2) is 28.7 Å². The normalized spacial score (nSPS) is 12.7. The van der Waals surface area contributed by atoms with Gasteiger partial charge in [-0.2, -0.15) is 0 Å². The zero-order valence-corrected chi connectivity index (χ0v) is 14.6. The molecule has 0 aliphatic rings. The van der Waals surface area contributed by atoms with E-state index >= 15 is 0 Å². The third-order valence-corrected chi connectivity index (χ3v) is 3.75. The van der Waals surface area contributed by atoms with Crippen molar-refractivity contribution >= 4 is 15.9 Å². The van der Waals surface area contributed by atoms with Gasteiger partial charge in [0.25, 0.3) is 0 Å². The molecule has 3 heteroatoms. The van der Waals surface area contributed by atoms with Gasteiger partial charge in [-0.25, -0.2) is 0 Å². The maximum absolute atomic E-state index is 5.77. The summed E-state index contributed by atoms with van der Waals surface area (Å²) < 4.78 is 6.86.